The number of hydrogen-bond acceptors (Lipinski definition) is 4. The van der Waals surface area contributed by atoms with E-state index >= 15 is 0 Å². The molecule has 1 aliphatic carbocycles. The highest BCUT2D eigenvalue weighted by molar-refractivity contribution is 14.2. The molecule has 0 amide bonds. The first-order valence-electron chi connectivity index (χ1n) is 24.4. The molecule has 3 nitrogen and oxygen atoms in total. The minimum Gasteiger partial charge on any atom is -0.457 e. The summed E-state index contributed by atoms with van der Waals surface area (Å²) in [4.78, 5) is 6.13. The lowest BCUT2D eigenvalue weighted by atomic mass is 9.66. The van der Waals surface area contributed by atoms with Gasteiger partial charge in [0, 0.05) is 71.1 Å². The third kappa shape index (κ3) is 7.72. The molecule has 0 N–H and O–H groups in total. The van der Waals surface area contributed by atoms with E-state index in [-0.39, 0.29) is 16.2 Å². The maximum atomic E-state index is 6.93. The summed E-state index contributed by atoms with van der Waals surface area (Å²) < 4.78 is 6.93. The standard InChI is InChI=1S/C65H59IN2OS/c1-62(2,3)42-22-28-45(29-23-42)67(46-30-24-43(25-31-46)63(4,5)6)49-36-39-53-56(40-49)65(54-18-12-14-20-59(54)69-60-21-15-13-19-55(60)65)57-41-58(51-16-10-11-17-52(51)61(53)57)68(48-34-37-50(70-66)38-35-48)47-32-26-44(27-33-47)64(7,8)9/h10-41H,1-9H3. The molecule has 0 aromatic heterocycles. The molecule has 1 spiro atoms. The zero-order valence-corrected chi connectivity index (χ0v) is 44.5. The Morgan fingerprint density at radius 3 is 1.29 bits per heavy atom. The Hall–Kier alpha value is -6.28. The first-order valence-corrected chi connectivity index (χ1v) is 27.8. The van der Waals surface area contributed by atoms with E-state index in [1.165, 1.54) is 54.6 Å². The summed E-state index contributed by atoms with van der Waals surface area (Å²) in [6, 6.07) is 72.8. The van der Waals surface area contributed by atoms with Gasteiger partial charge in [0.2, 0.25) is 0 Å². The Kier molecular flexibility index (Phi) is 11.4. The van der Waals surface area contributed by atoms with Crippen LogP contribution in [0.5, 0.6) is 11.5 Å². The van der Waals surface area contributed by atoms with Crippen molar-refractivity contribution in [1.29, 1.82) is 0 Å². The van der Waals surface area contributed by atoms with Crippen LogP contribution in [0.2, 0.25) is 0 Å². The molecule has 0 unspecified atom stereocenters. The number of hydrogen-bond donors (Lipinski definition) is 0. The lowest BCUT2D eigenvalue weighted by Crippen LogP contribution is -2.32. The van der Waals surface area contributed by atoms with Crippen LogP contribution in [0.15, 0.2) is 199 Å². The number of benzene rings is 9. The predicted octanol–water partition coefficient (Wildman–Crippen LogP) is 19.6. The molecule has 9 aromatic carbocycles. The molecule has 0 saturated heterocycles. The smallest absolute Gasteiger partial charge is 0.132 e. The Morgan fingerprint density at radius 2 is 0.814 bits per heavy atom. The molecule has 0 atom stereocenters. The number of halogens is 1. The number of nitrogens with zero attached hydrogens (tertiary/aromatic N) is 2. The molecular weight excluding hydrogens is 984 g/mol. The van der Waals surface area contributed by atoms with Gasteiger partial charge in [-0.25, -0.2) is 0 Å². The largest absolute Gasteiger partial charge is 0.457 e. The van der Waals surface area contributed by atoms with Gasteiger partial charge in [-0.15, -0.1) is 0 Å². The van der Waals surface area contributed by atoms with E-state index in [1.54, 1.807) is 8.93 Å². The number of rotatable bonds is 7. The topological polar surface area (TPSA) is 15.7 Å². The zero-order valence-electron chi connectivity index (χ0n) is 41.6. The highest BCUT2D eigenvalue weighted by Gasteiger charge is 2.52. The maximum Gasteiger partial charge on any atom is 0.132 e. The minimum absolute atomic E-state index is 0.0188. The second-order valence-electron chi connectivity index (χ2n) is 22.1. The van der Waals surface area contributed by atoms with Crippen LogP contribution in [-0.4, -0.2) is 0 Å². The third-order valence-electron chi connectivity index (χ3n) is 14.6. The van der Waals surface area contributed by atoms with Crippen LogP contribution >= 0.6 is 30.1 Å². The van der Waals surface area contributed by atoms with Crippen LogP contribution in [-0.2, 0) is 21.7 Å². The van der Waals surface area contributed by atoms with Crippen LogP contribution in [0.1, 0.15) is 101 Å². The summed E-state index contributed by atoms with van der Waals surface area (Å²) in [5.74, 6) is 1.74. The van der Waals surface area contributed by atoms with Gasteiger partial charge < -0.3 is 14.5 Å². The van der Waals surface area contributed by atoms with Crippen LogP contribution < -0.4 is 14.5 Å². The first kappa shape index (κ1) is 46.1. The van der Waals surface area contributed by atoms with Gasteiger partial charge in [0.1, 0.15) is 11.5 Å². The molecule has 11 rings (SSSR count). The molecule has 0 bridgehead atoms. The molecule has 2 aliphatic rings. The molecular formula is C65H59IN2OS. The predicted molar refractivity (Wildman–Crippen MR) is 307 cm³/mol. The Bertz CT molecular complexity index is 3330. The van der Waals surface area contributed by atoms with E-state index in [4.69, 9.17) is 4.74 Å². The second-order valence-corrected chi connectivity index (χ2v) is 24.0. The summed E-state index contributed by atoms with van der Waals surface area (Å²) in [5.41, 5.74) is 17.1. The van der Waals surface area contributed by atoms with Crippen molar-refractivity contribution in [3.63, 3.8) is 0 Å². The van der Waals surface area contributed by atoms with Crippen molar-refractivity contribution in [2.24, 2.45) is 0 Å². The van der Waals surface area contributed by atoms with E-state index in [2.05, 4.69) is 287 Å². The lowest BCUT2D eigenvalue weighted by Gasteiger charge is -2.40. The molecule has 348 valence electrons. The summed E-state index contributed by atoms with van der Waals surface area (Å²) >= 11 is 2.38. The summed E-state index contributed by atoms with van der Waals surface area (Å²) in [6.07, 6.45) is 0. The fourth-order valence-corrected chi connectivity index (χ4v) is 12.0. The fraction of sp³-hybridized carbons (Fsp3) is 0.200. The summed E-state index contributed by atoms with van der Waals surface area (Å²) in [7, 11) is 1.74. The van der Waals surface area contributed by atoms with Crippen LogP contribution in [0.25, 0.3) is 21.9 Å². The first-order chi connectivity index (χ1) is 33.6. The molecule has 5 heteroatoms. The minimum atomic E-state index is -0.744. The van der Waals surface area contributed by atoms with E-state index in [1.807, 2.05) is 0 Å². The van der Waals surface area contributed by atoms with Crippen molar-refractivity contribution >= 4 is 75.0 Å². The van der Waals surface area contributed by atoms with Crippen LogP contribution in [0.4, 0.5) is 34.1 Å². The van der Waals surface area contributed by atoms with Gasteiger partial charge in [-0.3, -0.25) is 0 Å². The van der Waals surface area contributed by atoms with Crippen molar-refractivity contribution in [3.8, 4) is 22.6 Å². The van der Waals surface area contributed by atoms with Crippen LogP contribution in [0.3, 0.4) is 0 Å². The highest BCUT2D eigenvalue weighted by atomic mass is 127. The SMILES string of the molecule is CC(C)(C)c1ccc(N(c2ccc(C(C)(C)C)cc2)c2ccc3c(c2)C2(c4ccccc4Oc4ccccc42)c2cc(N(c4ccc(SI)cc4)c4ccc(C(C)(C)C)cc4)c4ccccc4c2-3)cc1. The maximum absolute atomic E-state index is 6.93. The fourth-order valence-electron chi connectivity index (χ4n) is 10.9. The van der Waals surface area contributed by atoms with Crippen molar-refractivity contribution in [2.75, 3.05) is 9.80 Å². The summed E-state index contributed by atoms with van der Waals surface area (Å²) in [6.45, 7) is 20.5. The number of fused-ring (bicyclic) bond motifs is 11. The molecule has 0 saturated carbocycles. The number of ether oxygens (including phenoxy) is 1. The number of anilines is 6. The molecule has 1 aliphatic heterocycles. The Labute approximate surface area is 431 Å². The van der Waals surface area contributed by atoms with Gasteiger partial charge in [0.05, 0.1) is 11.1 Å². The molecule has 70 heavy (non-hydrogen) atoms. The Balaban J connectivity index is 1.22. The zero-order chi connectivity index (χ0) is 48.7. The van der Waals surface area contributed by atoms with E-state index < -0.39 is 5.41 Å². The van der Waals surface area contributed by atoms with Gasteiger partial charge in [-0.05, 0) is 152 Å². The highest BCUT2D eigenvalue weighted by Crippen LogP contribution is 2.65. The van der Waals surface area contributed by atoms with Crippen LogP contribution in [0, 0.1) is 0 Å². The van der Waals surface area contributed by atoms with Crippen molar-refractivity contribution in [1.82, 2.24) is 0 Å². The van der Waals surface area contributed by atoms with Gasteiger partial charge in [-0.1, -0.05) is 174 Å². The van der Waals surface area contributed by atoms with Crippen molar-refractivity contribution in [2.45, 2.75) is 88.9 Å². The number of para-hydroxylation sites is 2. The Morgan fingerprint density at radius 1 is 0.400 bits per heavy atom. The van der Waals surface area contributed by atoms with Crippen molar-refractivity contribution in [3.05, 3.63) is 233 Å². The van der Waals surface area contributed by atoms with Crippen molar-refractivity contribution < 1.29 is 4.74 Å². The van der Waals surface area contributed by atoms with Gasteiger partial charge in [0.25, 0.3) is 0 Å². The van der Waals surface area contributed by atoms with Gasteiger partial charge in [-0.2, -0.15) is 0 Å². The van der Waals surface area contributed by atoms with Gasteiger partial charge in [0.15, 0.2) is 0 Å². The second kappa shape index (κ2) is 17.2. The van der Waals surface area contributed by atoms with Gasteiger partial charge >= 0.3 is 0 Å². The summed E-state index contributed by atoms with van der Waals surface area (Å²) in [5, 5.41) is 2.40. The third-order valence-corrected chi connectivity index (χ3v) is 16.5. The van der Waals surface area contributed by atoms with E-state index in [0.717, 1.165) is 56.8 Å². The molecule has 9 aromatic rings. The molecule has 1 heterocycles. The average molecular weight is 1040 g/mol. The molecule has 0 radical (unpaired) electrons. The average Bonchev–Trinajstić information content (AvgIpc) is 3.64. The van der Waals surface area contributed by atoms with E-state index in [0.29, 0.717) is 0 Å². The molecule has 0 fully saturated rings. The lowest BCUT2D eigenvalue weighted by molar-refractivity contribution is 0.436. The quantitative estimate of drug-likeness (QED) is 0.148. The normalized spacial score (nSPS) is 13.6. The monoisotopic (exact) mass is 1040 g/mol. The van der Waals surface area contributed by atoms with E-state index in [9.17, 15) is 0 Å².